The van der Waals surface area contributed by atoms with Gasteiger partial charge < -0.3 is 10.0 Å². The summed E-state index contributed by atoms with van der Waals surface area (Å²) in [5, 5.41) is 8.91. The van der Waals surface area contributed by atoms with Crippen LogP contribution in [0.25, 0.3) is 0 Å². The maximum atomic E-state index is 8.91. The Balaban J connectivity index is 2.51. The molecule has 96 valence electrons. The van der Waals surface area contributed by atoms with Crippen LogP contribution in [0.5, 0.6) is 0 Å². The molecule has 0 amide bonds. The number of hydrogen-bond donors (Lipinski definition) is 1. The van der Waals surface area contributed by atoms with Crippen LogP contribution in [0.1, 0.15) is 52.4 Å². The second-order valence-electron chi connectivity index (χ2n) is 5.46. The summed E-state index contributed by atoms with van der Waals surface area (Å²) in [5.74, 6) is 1.73. The van der Waals surface area contributed by atoms with E-state index in [0.29, 0.717) is 6.61 Å². The summed E-state index contributed by atoms with van der Waals surface area (Å²) in [6.45, 7) is 6.09. The average Bonchev–Trinajstić information content (AvgIpc) is 2.35. The van der Waals surface area contributed by atoms with Crippen molar-refractivity contribution in [2.75, 3.05) is 20.2 Å². The highest BCUT2D eigenvalue weighted by molar-refractivity contribution is 4.84. The number of aliphatic hydroxyl groups is 1. The molecule has 1 rings (SSSR count). The third-order valence-corrected chi connectivity index (χ3v) is 4.39. The molecule has 0 heterocycles. The maximum absolute atomic E-state index is 8.91. The van der Waals surface area contributed by atoms with Gasteiger partial charge in [0.05, 0.1) is 0 Å². The smallest absolute Gasteiger partial charge is 0.0443 e. The lowest BCUT2D eigenvalue weighted by atomic mass is 9.75. The van der Waals surface area contributed by atoms with Gasteiger partial charge in [0, 0.05) is 19.2 Å². The fourth-order valence-corrected chi connectivity index (χ4v) is 3.14. The molecule has 0 radical (unpaired) electrons. The summed E-state index contributed by atoms with van der Waals surface area (Å²) in [5.41, 5.74) is 0. The third-order valence-electron chi connectivity index (χ3n) is 4.39. The molecule has 0 aliphatic heterocycles. The lowest BCUT2D eigenvalue weighted by Gasteiger charge is -2.41. The van der Waals surface area contributed by atoms with E-state index < -0.39 is 0 Å². The Morgan fingerprint density at radius 2 is 2.00 bits per heavy atom. The van der Waals surface area contributed by atoms with E-state index >= 15 is 0 Å². The van der Waals surface area contributed by atoms with Crippen LogP contribution in [0.15, 0.2) is 0 Å². The molecular weight excluding hydrogens is 198 g/mol. The van der Waals surface area contributed by atoms with Crippen LogP contribution >= 0.6 is 0 Å². The SMILES string of the molecule is CCC(C)C1CCCCC1N(C)CCCO. The number of nitrogens with zero attached hydrogens (tertiary/aromatic N) is 1. The predicted molar refractivity (Wildman–Crippen MR) is 69.5 cm³/mol. The Labute approximate surface area is 101 Å². The van der Waals surface area contributed by atoms with Crippen molar-refractivity contribution in [3.63, 3.8) is 0 Å². The first kappa shape index (κ1) is 14.0. The summed E-state index contributed by atoms with van der Waals surface area (Å²) < 4.78 is 0. The molecule has 1 N–H and O–H groups in total. The maximum Gasteiger partial charge on any atom is 0.0443 e. The largest absolute Gasteiger partial charge is 0.396 e. The van der Waals surface area contributed by atoms with Crippen LogP contribution in [-0.4, -0.2) is 36.2 Å². The van der Waals surface area contributed by atoms with Crippen molar-refractivity contribution >= 4 is 0 Å². The third kappa shape index (κ3) is 3.74. The molecule has 0 aromatic heterocycles. The quantitative estimate of drug-likeness (QED) is 0.754. The standard InChI is InChI=1S/C14H29NO/c1-4-12(2)13-8-5-6-9-14(13)15(3)10-7-11-16/h12-14,16H,4-11H2,1-3H3. The summed E-state index contributed by atoms with van der Waals surface area (Å²) >= 11 is 0. The van der Waals surface area contributed by atoms with E-state index in [0.717, 1.165) is 30.8 Å². The first-order valence-electron chi connectivity index (χ1n) is 7.01. The van der Waals surface area contributed by atoms with Gasteiger partial charge in [0.1, 0.15) is 0 Å². The van der Waals surface area contributed by atoms with Crippen molar-refractivity contribution < 1.29 is 5.11 Å². The molecule has 1 saturated carbocycles. The molecule has 1 aliphatic carbocycles. The van der Waals surface area contributed by atoms with Gasteiger partial charge in [0.15, 0.2) is 0 Å². The van der Waals surface area contributed by atoms with Crippen LogP contribution in [0.3, 0.4) is 0 Å². The molecule has 1 aliphatic rings. The van der Waals surface area contributed by atoms with Crippen LogP contribution in [0.2, 0.25) is 0 Å². The molecule has 0 aromatic carbocycles. The van der Waals surface area contributed by atoms with Gasteiger partial charge in [-0.2, -0.15) is 0 Å². The Bertz CT molecular complexity index is 184. The molecule has 16 heavy (non-hydrogen) atoms. The first-order valence-corrected chi connectivity index (χ1v) is 7.01. The van der Waals surface area contributed by atoms with Crippen molar-refractivity contribution in [3.8, 4) is 0 Å². The van der Waals surface area contributed by atoms with Crippen molar-refractivity contribution in [1.82, 2.24) is 4.90 Å². The average molecular weight is 227 g/mol. The van der Waals surface area contributed by atoms with Crippen molar-refractivity contribution in [2.24, 2.45) is 11.8 Å². The zero-order valence-electron chi connectivity index (χ0n) is 11.3. The van der Waals surface area contributed by atoms with E-state index in [1.165, 1.54) is 32.1 Å². The van der Waals surface area contributed by atoms with E-state index in [1.807, 2.05) is 0 Å². The molecule has 2 nitrogen and oxygen atoms in total. The lowest BCUT2D eigenvalue weighted by Crippen LogP contribution is -2.43. The Kier molecular flexibility index (Phi) is 6.37. The number of hydrogen-bond acceptors (Lipinski definition) is 2. The van der Waals surface area contributed by atoms with Crippen molar-refractivity contribution in [1.29, 1.82) is 0 Å². The highest BCUT2D eigenvalue weighted by Crippen LogP contribution is 2.34. The van der Waals surface area contributed by atoms with E-state index in [9.17, 15) is 0 Å². The van der Waals surface area contributed by atoms with Crippen molar-refractivity contribution in [2.45, 2.75) is 58.4 Å². The van der Waals surface area contributed by atoms with E-state index in [4.69, 9.17) is 5.11 Å². The summed E-state index contributed by atoms with van der Waals surface area (Å²) in [7, 11) is 2.24. The highest BCUT2D eigenvalue weighted by Gasteiger charge is 2.30. The number of rotatable bonds is 6. The molecule has 0 bridgehead atoms. The Hall–Kier alpha value is -0.0800. The zero-order chi connectivity index (χ0) is 12.0. The van der Waals surface area contributed by atoms with Gasteiger partial charge >= 0.3 is 0 Å². The van der Waals surface area contributed by atoms with Gasteiger partial charge in [-0.05, 0) is 38.1 Å². The Morgan fingerprint density at radius 1 is 1.31 bits per heavy atom. The molecule has 3 atom stereocenters. The molecule has 0 spiro atoms. The molecule has 2 heteroatoms. The first-order chi connectivity index (χ1) is 7.70. The molecular formula is C14H29NO. The Morgan fingerprint density at radius 3 is 2.62 bits per heavy atom. The fourth-order valence-electron chi connectivity index (χ4n) is 3.14. The van der Waals surface area contributed by atoms with Gasteiger partial charge in [-0.3, -0.25) is 0 Å². The van der Waals surface area contributed by atoms with Crippen LogP contribution in [0.4, 0.5) is 0 Å². The van der Waals surface area contributed by atoms with Crippen LogP contribution in [-0.2, 0) is 0 Å². The molecule has 3 unspecified atom stereocenters. The molecule has 0 saturated heterocycles. The van der Waals surface area contributed by atoms with Crippen LogP contribution < -0.4 is 0 Å². The second-order valence-corrected chi connectivity index (χ2v) is 5.46. The summed E-state index contributed by atoms with van der Waals surface area (Å²) in [6, 6.07) is 0.759. The normalized spacial score (nSPS) is 28.3. The van der Waals surface area contributed by atoms with E-state index in [2.05, 4.69) is 25.8 Å². The van der Waals surface area contributed by atoms with Gasteiger partial charge in [-0.25, -0.2) is 0 Å². The monoisotopic (exact) mass is 227 g/mol. The van der Waals surface area contributed by atoms with Crippen LogP contribution in [0, 0.1) is 11.8 Å². The minimum atomic E-state index is 0.324. The minimum absolute atomic E-state index is 0.324. The number of aliphatic hydroxyl groups excluding tert-OH is 1. The van der Waals surface area contributed by atoms with Crippen molar-refractivity contribution in [3.05, 3.63) is 0 Å². The summed E-state index contributed by atoms with van der Waals surface area (Å²) in [6.07, 6.45) is 7.79. The zero-order valence-corrected chi connectivity index (χ0v) is 11.3. The summed E-state index contributed by atoms with van der Waals surface area (Å²) in [4.78, 5) is 2.49. The second kappa shape index (κ2) is 7.29. The molecule has 1 fully saturated rings. The van der Waals surface area contributed by atoms with Gasteiger partial charge in [0.2, 0.25) is 0 Å². The van der Waals surface area contributed by atoms with E-state index in [1.54, 1.807) is 0 Å². The van der Waals surface area contributed by atoms with E-state index in [-0.39, 0.29) is 0 Å². The minimum Gasteiger partial charge on any atom is -0.396 e. The van der Waals surface area contributed by atoms with Gasteiger partial charge in [0.25, 0.3) is 0 Å². The molecule has 0 aromatic rings. The topological polar surface area (TPSA) is 23.5 Å². The highest BCUT2D eigenvalue weighted by atomic mass is 16.3. The predicted octanol–water partition coefficient (Wildman–Crippen LogP) is 2.91. The lowest BCUT2D eigenvalue weighted by molar-refractivity contribution is 0.0878. The fraction of sp³-hybridized carbons (Fsp3) is 1.00. The van der Waals surface area contributed by atoms with Gasteiger partial charge in [-0.15, -0.1) is 0 Å². The van der Waals surface area contributed by atoms with Gasteiger partial charge in [-0.1, -0.05) is 33.1 Å².